The van der Waals surface area contributed by atoms with E-state index in [4.69, 9.17) is 10.8 Å². The summed E-state index contributed by atoms with van der Waals surface area (Å²) in [7, 11) is 0. The Bertz CT molecular complexity index is 433. The molecule has 0 aromatic heterocycles. The number of carbonyl (C=O) groups is 1. The lowest BCUT2D eigenvalue weighted by atomic mass is 9.98. The fourth-order valence-corrected chi connectivity index (χ4v) is 1.48. The highest BCUT2D eigenvalue weighted by Crippen LogP contribution is 2.36. The summed E-state index contributed by atoms with van der Waals surface area (Å²) >= 11 is 0. The molecular formula is C11H11F4NO2. The average Bonchev–Trinajstić information content (AvgIpc) is 2.27. The summed E-state index contributed by atoms with van der Waals surface area (Å²) in [6, 6.07) is 2.57. The van der Waals surface area contributed by atoms with Crippen molar-refractivity contribution in [1.82, 2.24) is 0 Å². The van der Waals surface area contributed by atoms with Crippen molar-refractivity contribution in [2.24, 2.45) is 5.73 Å². The van der Waals surface area contributed by atoms with Gasteiger partial charge in [0.25, 0.3) is 0 Å². The first-order valence-corrected chi connectivity index (χ1v) is 5.02. The predicted octanol–water partition coefficient (Wildman–Crippen LogP) is 2.52. The highest BCUT2D eigenvalue weighted by molar-refractivity contribution is 5.73. The lowest BCUT2D eigenvalue weighted by Gasteiger charge is -2.17. The van der Waals surface area contributed by atoms with Gasteiger partial charge < -0.3 is 10.8 Å². The first kappa shape index (κ1) is 14.4. The number of rotatable bonds is 4. The number of aliphatic carboxylic acids is 1. The minimum Gasteiger partial charge on any atom is -0.480 e. The van der Waals surface area contributed by atoms with Gasteiger partial charge in [-0.05, 0) is 11.6 Å². The van der Waals surface area contributed by atoms with E-state index in [-0.39, 0.29) is 0 Å². The van der Waals surface area contributed by atoms with Gasteiger partial charge in [-0.25, -0.2) is 4.39 Å². The largest absolute Gasteiger partial charge is 0.480 e. The van der Waals surface area contributed by atoms with Crippen LogP contribution < -0.4 is 5.73 Å². The molecule has 0 radical (unpaired) electrons. The highest BCUT2D eigenvalue weighted by Gasteiger charge is 2.35. The molecule has 1 aromatic rings. The van der Waals surface area contributed by atoms with E-state index >= 15 is 0 Å². The number of nitrogens with two attached hydrogens (primary N) is 1. The number of carboxylic acid groups (broad SMARTS) is 1. The van der Waals surface area contributed by atoms with Crippen molar-refractivity contribution in [3.8, 4) is 0 Å². The number of hydrogen-bond acceptors (Lipinski definition) is 2. The topological polar surface area (TPSA) is 63.3 Å². The van der Waals surface area contributed by atoms with E-state index in [1.54, 1.807) is 0 Å². The number of halogens is 4. The summed E-state index contributed by atoms with van der Waals surface area (Å²) in [6.07, 6.45) is -7.47. The van der Waals surface area contributed by atoms with Crippen LogP contribution in [0.4, 0.5) is 17.6 Å². The molecule has 18 heavy (non-hydrogen) atoms. The van der Waals surface area contributed by atoms with Crippen molar-refractivity contribution in [1.29, 1.82) is 0 Å². The van der Waals surface area contributed by atoms with E-state index in [0.29, 0.717) is 0 Å². The zero-order valence-electron chi connectivity index (χ0n) is 9.12. The van der Waals surface area contributed by atoms with Crippen LogP contribution in [-0.2, 0) is 11.0 Å². The molecule has 2 atom stereocenters. The zero-order chi connectivity index (χ0) is 13.9. The number of alkyl halides is 4. The van der Waals surface area contributed by atoms with Crippen LogP contribution in [0.1, 0.15) is 23.7 Å². The Kier molecular flexibility index (Phi) is 4.28. The predicted molar refractivity (Wildman–Crippen MR) is 55.5 cm³/mol. The van der Waals surface area contributed by atoms with E-state index in [9.17, 15) is 22.4 Å². The van der Waals surface area contributed by atoms with Gasteiger partial charge in [0.1, 0.15) is 12.2 Å². The van der Waals surface area contributed by atoms with Gasteiger partial charge in [-0.3, -0.25) is 4.79 Å². The molecule has 7 heteroatoms. The first-order chi connectivity index (χ1) is 8.23. The molecule has 100 valence electrons. The van der Waals surface area contributed by atoms with Crippen LogP contribution in [0, 0.1) is 0 Å². The lowest BCUT2D eigenvalue weighted by Crippen LogP contribution is -2.31. The van der Waals surface area contributed by atoms with Gasteiger partial charge in [-0.1, -0.05) is 18.2 Å². The van der Waals surface area contributed by atoms with Crippen LogP contribution in [0.3, 0.4) is 0 Å². The Hall–Kier alpha value is -1.63. The summed E-state index contributed by atoms with van der Waals surface area (Å²) in [5, 5.41) is 8.49. The third-order valence-corrected chi connectivity index (χ3v) is 2.38. The van der Waals surface area contributed by atoms with Gasteiger partial charge in [0.15, 0.2) is 0 Å². The van der Waals surface area contributed by atoms with Gasteiger partial charge in [-0.2, -0.15) is 13.2 Å². The van der Waals surface area contributed by atoms with E-state index < -0.39 is 41.9 Å². The smallest absolute Gasteiger partial charge is 0.416 e. The average molecular weight is 265 g/mol. The molecule has 3 N–H and O–H groups in total. The Morgan fingerprint density at radius 2 is 1.89 bits per heavy atom. The lowest BCUT2D eigenvalue weighted by molar-refractivity contribution is -0.139. The Balaban J connectivity index is 2.99. The SMILES string of the molecule is NC(CC(F)c1ccccc1C(F)(F)F)C(=O)O. The van der Waals surface area contributed by atoms with Crippen LogP contribution >= 0.6 is 0 Å². The molecule has 0 aliphatic rings. The van der Waals surface area contributed by atoms with Crippen LogP contribution in [0.5, 0.6) is 0 Å². The molecule has 0 heterocycles. The molecule has 0 saturated carbocycles. The fraction of sp³-hybridized carbons (Fsp3) is 0.364. The monoisotopic (exact) mass is 265 g/mol. The summed E-state index contributed by atoms with van der Waals surface area (Å²) in [5.74, 6) is -1.46. The van der Waals surface area contributed by atoms with E-state index in [2.05, 4.69) is 0 Å². The second-order valence-corrected chi connectivity index (χ2v) is 3.73. The van der Waals surface area contributed by atoms with Crippen LogP contribution in [0.2, 0.25) is 0 Å². The molecule has 0 spiro atoms. The second-order valence-electron chi connectivity index (χ2n) is 3.73. The number of benzene rings is 1. The van der Waals surface area contributed by atoms with Crippen molar-refractivity contribution in [2.75, 3.05) is 0 Å². The zero-order valence-corrected chi connectivity index (χ0v) is 9.12. The van der Waals surface area contributed by atoms with Crippen molar-refractivity contribution in [3.05, 3.63) is 35.4 Å². The van der Waals surface area contributed by atoms with Gasteiger partial charge in [0.2, 0.25) is 0 Å². The van der Waals surface area contributed by atoms with Crippen molar-refractivity contribution in [2.45, 2.75) is 24.8 Å². The van der Waals surface area contributed by atoms with Crippen LogP contribution in [0.25, 0.3) is 0 Å². The Labute approximate surface area is 100 Å². The number of hydrogen-bond donors (Lipinski definition) is 2. The molecule has 2 unspecified atom stereocenters. The third kappa shape index (κ3) is 3.43. The van der Waals surface area contributed by atoms with Gasteiger partial charge >= 0.3 is 12.1 Å². The van der Waals surface area contributed by atoms with Crippen LogP contribution in [-0.4, -0.2) is 17.1 Å². The molecule has 0 fully saturated rings. The normalized spacial score (nSPS) is 15.2. The maximum atomic E-state index is 13.7. The summed E-state index contributed by atoms with van der Waals surface area (Å²) in [5.41, 5.74) is 3.38. The van der Waals surface area contributed by atoms with E-state index in [0.717, 1.165) is 18.2 Å². The summed E-state index contributed by atoms with van der Waals surface area (Å²) < 4.78 is 51.5. The Morgan fingerprint density at radius 1 is 1.33 bits per heavy atom. The quantitative estimate of drug-likeness (QED) is 0.822. The van der Waals surface area contributed by atoms with Crippen molar-refractivity contribution >= 4 is 5.97 Å². The summed E-state index contributed by atoms with van der Waals surface area (Å²) in [4.78, 5) is 10.4. The molecular weight excluding hydrogens is 254 g/mol. The molecule has 0 amide bonds. The molecule has 0 aliphatic heterocycles. The maximum Gasteiger partial charge on any atom is 0.416 e. The standard InChI is InChI=1S/C11H11F4NO2/c12-8(5-9(16)10(17)18)6-3-1-2-4-7(6)11(13,14)15/h1-4,8-9H,5,16H2,(H,17,18). The minimum atomic E-state index is -4.69. The molecule has 0 saturated heterocycles. The van der Waals surface area contributed by atoms with Crippen molar-refractivity contribution < 1.29 is 27.5 Å². The fourth-order valence-electron chi connectivity index (χ4n) is 1.48. The van der Waals surface area contributed by atoms with E-state index in [1.165, 1.54) is 6.07 Å². The molecule has 0 bridgehead atoms. The molecule has 1 aromatic carbocycles. The maximum absolute atomic E-state index is 13.7. The number of carboxylic acids is 1. The summed E-state index contributed by atoms with van der Waals surface area (Å²) in [6.45, 7) is 0. The first-order valence-electron chi connectivity index (χ1n) is 5.02. The molecule has 0 aliphatic carbocycles. The Morgan fingerprint density at radius 3 is 2.39 bits per heavy atom. The third-order valence-electron chi connectivity index (χ3n) is 2.38. The highest BCUT2D eigenvalue weighted by atomic mass is 19.4. The minimum absolute atomic E-state index is 0.596. The molecule has 3 nitrogen and oxygen atoms in total. The second kappa shape index (κ2) is 5.34. The molecule has 1 rings (SSSR count). The van der Waals surface area contributed by atoms with Crippen LogP contribution in [0.15, 0.2) is 24.3 Å². The van der Waals surface area contributed by atoms with Gasteiger partial charge in [0, 0.05) is 6.42 Å². The van der Waals surface area contributed by atoms with Gasteiger partial charge in [0.05, 0.1) is 5.56 Å². The van der Waals surface area contributed by atoms with E-state index in [1.807, 2.05) is 0 Å². The van der Waals surface area contributed by atoms with Crippen molar-refractivity contribution in [3.63, 3.8) is 0 Å². The van der Waals surface area contributed by atoms with Gasteiger partial charge in [-0.15, -0.1) is 0 Å².